The molecule has 2 fully saturated rings. The molecular weight excluding hydrogens is 306 g/mol. The van der Waals surface area contributed by atoms with E-state index < -0.39 is 11.1 Å². The fourth-order valence-corrected chi connectivity index (χ4v) is 3.19. The third-order valence-corrected chi connectivity index (χ3v) is 4.67. The van der Waals surface area contributed by atoms with Crippen LogP contribution in [0.3, 0.4) is 0 Å². The molecule has 2 saturated carbocycles. The lowest BCUT2D eigenvalue weighted by atomic mass is 9.77. The topological polar surface area (TPSA) is 106 Å². The van der Waals surface area contributed by atoms with Gasteiger partial charge in [-0.15, -0.1) is 12.4 Å². The third kappa shape index (κ3) is 2.92. The summed E-state index contributed by atoms with van der Waals surface area (Å²) in [6, 6.07) is -0.190. The quantitative estimate of drug-likeness (QED) is 0.782. The van der Waals surface area contributed by atoms with Crippen molar-refractivity contribution >= 4 is 18.4 Å². The molecule has 4 N–H and O–H groups in total. The molecule has 0 saturated heterocycles. The molecule has 1 aromatic rings. The zero-order valence-corrected chi connectivity index (χ0v) is 13.7. The molecule has 0 spiro atoms. The summed E-state index contributed by atoms with van der Waals surface area (Å²) in [4.78, 5) is 16.4. The van der Waals surface area contributed by atoms with E-state index >= 15 is 0 Å². The molecule has 1 aromatic heterocycles. The Morgan fingerprint density at radius 2 is 1.95 bits per heavy atom. The summed E-state index contributed by atoms with van der Waals surface area (Å²) in [5.74, 6) is 1.07. The molecule has 2 aliphatic rings. The lowest BCUT2D eigenvalue weighted by Gasteiger charge is -2.34. The minimum atomic E-state index is -0.537. The molecule has 0 atom stereocenters. The second-order valence-electron chi connectivity index (χ2n) is 6.21. The number of amides is 2. The SMILES string of the molecule is CCNC(=O)NC1(c2nc(C3(N)CCC3)no2)CCCC1.Cl. The van der Waals surface area contributed by atoms with Crippen LogP contribution in [0.4, 0.5) is 4.79 Å². The maximum Gasteiger partial charge on any atom is 0.315 e. The van der Waals surface area contributed by atoms with Crippen molar-refractivity contribution in [2.24, 2.45) is 5.73 Å². The van der Waals surface area contributed by atoms with E-state index in [0.29, 0.717) is 18.3 Å². The van der Waals surface area contributed by atoms with Crippen LogP contribution >= 0.6 is 12.4 Å². The van der Waals surface area contributed by atoms with E-state index in [0.717, 1.165) is 44.9 Å². The molecule has 22 heavy (non-hydrogen) atoms. The molecule has 0 aliphatic heterocycles. The van der Waals surface area contributed by atoms with Gasteiger partial charge >= 0.3 is 6.03 Å². The van der Waals surface area contributed by atoms with Gasteiger partial charge in [0, 0.05) is 6.54 Å². The lowest BCUT2D eigenvalue weighted by Crippen LogP contribution is -2.49. The zero-order chi connectivity index (χ0) is 14.9. The molecule has 124 valence electrons. The predicted molar refractivity (Wildman–Crippen MR) is 83.6 cm³/mol. The van der Waals surface area contributed by atoms with Crippen molar-refractivity contribution in [1.29, 1.82) is 0 Å². The largest absolute Gasteiger partial charge is 0.338 e. The van der Waals surface area contributed by atoms with E-state index in [1.54, 1.807) is 0 Å². The van der Waals surface area contributed by atoms with E-state index in [9.17, 15) is 4.79 Å². The Balaban J connectivity index is 0.00000176. The first-order valence-corrected chi connectivity index (χ1v) is 7.78. The van der Waals surface area contributed by atoms with Gasteiger partial charge in [0.2, 0.25) is 0 Å². The maximum absolute atomic E-state index is 11.9. The van der Waals surface area contributed by atoms with Gasteiger partial charge in [-0.25, -0.2) is 4.79 Å². The first kappa shape index (κ1) is 17.0. The normalized spacial score (nSPS) is 21.5. The number of hydrogen-bond acceptors (Lipinski definition) is 5. The second kappa shape index (κ2) is 6.42. The van der Waals surface area contributed by atoms with Gasteiger partial charge in [-0.1, -0.05) is 18.0 Å². The Bertz CT molecular complexity index is 523. The number of hydrogen-bond donors (Lipinski definition) is 3. The highest BCUT2D eigenvalue weighted by atomic mass is 35.5. The first-order valence-electron chi connectivity index (χ1n) is 7.78. The highest BCUT2D eigenvalue weighted by molar-refractivity contribution is 5.85. The lowest BCUT2D eigenvalue weighted by molar-refractivity contribution is 0.203. The summed E-state index contributed by atoms with van der Waals surface area (Å²) in [5.41, 5.74) is 5.27. The van der Waals surface area contributed by atoms with Crippen molar-refractivity contribution in [1.82, 2.24) is 20.8 Å². The summed E-state index contributed by atoms with van der Waals surface area (Å²) in [5, 5.41) is 9.86. The van der Waals surface area contributed by atoms with Gasteiger partial charge in [-0.2, -0.15) is 4.98 Å². The fraction of sp³-hybridized carbons (Fsp3) is 0.786. The van der Waals surface area contributed by atoms with Gasteiger partial charge in [0.25, 0.3) is 5.89 Å². The van der Waals surface area contributed by atoms with E-state index in [4.69, 9.17) is 10.3 Å². The molecule has 1 heterocycles. The number of carbonyl (C=O) groups is 1. The minimum Gasteiger partial charge on any atom is -0.338 e. The standard InChI is InChI=1S/C14H23N5O2.ClH/c1-2-16-12(20)18-14(8-3-4-9-14)11-17-10(19-21-11)13(15)6-5-7-13;/h2-9,15H2,1H3,(H2,16,18,20);1H. The Hall–Kier alpha value is -1.34. The van der Waals surface area contributed by atoms with E-state index in [-0.39, 0.29) is 18.4 Å². The monoisotopic (exact) mass is 329 g/mol. The fourth-order valence-electron chi connectivity index (χ4n) is 3.19. The Morgan fingerprint density at radius 1 is 1.27 bits per heavy atom. The molecule has 0 unspecified atom stereocenters. The first-order chi connectivity index (χ1) is 10.1. The van der Waals surface area contributed by atoms with Crippen molar-refractivity contribution in [3.05, 3.63) is 11.7 Å². The van der Waals surface area contributed by atoms with Crippen LogP contribution in [0.1, 0.15) is 63.6 Å². The number of carbonyl (C=O) groups excluding carboxylic acids is 1. The summed E-state index contributed by atoms with van der Waals surface area (Å²) in [6.45, 7) is 2.48. The molecule has 0 aromatic carbocycles. The molecule has 0 radical (unpaired) electrons. The van der Waals surface area contributed by atoms with Gasteiger partial charge in [0.1, 0.15) is 5.54 Å². The van der Waals surface area contributed by atoms with Crippen LogP contribution in [0.15, 0.2) is 4.52 Å². The summed E-state index contributed by atoms with van der Waals surface area (Å²) < 4.78 is 5.47. The maximum atomic E-state index is 11.9. The van der Waals surface area contributed by atoms with Crippen molar-refractivity contribution < 1.29 is 9.32 Å². The number of rotatable bonds is 4. The molecule has 7 nitrogen and oxygen atoms in total. The highest BCUT2D eigenvalue weighted by Crippen LogP contribution is 2.41. The van der Waals surface area contributed by atoms with Crippen molar-refractivity contribution in [2.45, 2.75) is 62.9 Å². The number of aromatic nitrogens is 2. The Kier molecular flexibility index (Phi) is 4.97. The van der Waals surface area contributed by atoms with Gasteiger partial charge in [-0.3, -0.25) is 0 Å². The van der Waals surface area contributed by atoms with Crippen LogP contribution < -0.4 is 16.4 Å². The van der Waals surface area contributed by atoms with Crippen LogP contribution in [0, 0.1) is 0 Å². The Labute approximate surface area is 136 Å². The van der Waals surface area contributed by atoms with Crippen LogP contribution in [0.5, 0.6) is 0 Å². The summed E-state index contributed by atoms with van der Waals surface area (Å²) in [7, 11) is 0. The van der Waals surface area contributed by atoms with Crippen molar-refractivity contribution in [3.63, 3.8) is 0 Å². The number of nitrogens with zero attached hydrogens (tertiary/aromatic N) is 2. The van der Waals surface area contributed by atoms with Crippen molar-refractivity contribution in [2.75, 3.05) is 6.54 Å². The van der Waals surface area contributed by atoms with Crippen LogP contribution in [0.2, 0.25) is 0 Å². The van der Waals surface area contributed by atoms with E-state index in [1.807, 2.05) is 6.92 Å². The predicted octanol–water partition coefficient (Wildman–Crippen LogP) is 1.92. The molecule has 8 heteroatoms. The van der Waals surface area contributed by atoms with E-state index in [2.05, 4.69) is 20.8 Å². The molecule has 0 bridgehead atoms. The highest BCUT2D eigenvalue weighted by Gasteiger charge is 2.45. The average molecular weight is 330 g/mol. The van der Waals surface area contributed by atoms with Gasteiger partial charge in [0.15, 0.2) is 5.82 Å². The number of nitrogens with two attached hydrogens (primary N) is 1. The van der Waals surface area contributed by atoms with Gasteiger partial charge in [-0.05, 0) is 39.0 Å². The Morgan fingerprint density at radius 3 is 2.50 bits per heavy atom. The van der Waals surface area contributed by atoms with Crippen LogP contribution in [-0.2, 0) is 11.1 Å². The van der Waals surface area contributed by atoms with Crippen molar-refractivity contribution in [3.8, 4) is 0 Å². The number of nitrogens with one attached hydrogen (secondary N) is 2. The third-order valence-electron chi connectivity index (χ3n) is 4.67. The van der Waals surface area contributed by atoms with Crippen LogP contribution in [0.25, 0.3) is 0 Å². The molecule has 2 amide bonds. The summed E-state index contributed by atoms with van der Waals surface area (Å²) in [6.07, 6.45) is 6.61. The number of halogens is 1. The smallest absolute Gasteiger partial charge is 0.315 e. The van der Waals surface area contributed by atoms with E-state index in [1.165, 1.54) is 0 Å². The minimum absolute atomic E-state index is 0. The molecular formula is C14H24ClN5O2. The average Bonchev–Trinajstić information content (AvgIpc) is 3.05. The van der Waals surface area contributed by atoms with Crippen LogP contribution in [-0.4, -0.2) is 22.7 Å². The van der Waals surface area contributed by atoms with Gasteiger partial charge < -0.3 is 20.9 Å². The summed E-state index contributed by atoms with van der Waals surface area (Å²) >= 11 is 0. The number of urea groups is 1. The zero-order valence-electron chi connectivity index (χ0n) is 12.9. The second-order valence-corrected chi connectivity index (χ2v) is 6.21. The molecule has 3 rings (SSSR count). The molecule has 2 aliphatic carbocycles. The van der Waals surface area contributed by atoms with Gasteiger partial charge in [0.05, 0.1) is 5.54 Å².